The standard InChI is InChI=1S/C24H41Cl3O6Si/c1-9-13-16(5)20(22(31)32-15-24(25,26)27)17(6)21(30)23(7,8)18(14-19(28)29)33-34(10-2,11-3)12-4/h9,16-18,20H,1,10-15H2,2-8H3,(H,28,29)/t16-,17+,18-,20-/m0/s1. The summed E-state index contributed by atoms with van der Waals surface area (Å²) >= 11 is 17.2. The molecule has 0 spiro atoms. The predicted octanol–water partition coefficient (Wildman–Crippen LogP) is 6.82. The third-order valence-corrected chi connectivity index (χ3v) is 11.9. The van der Waals surface area contributed by atoms with Crippen molar-refractivity contribution in [1.82, 2.24) is 0 Å². The molecule has 0 aromatic rings. The number of hydrogen-bond acceptors (Lipinski definition) is 5. The summed E-state index contributed by atoms with van der Waals surface area (Å²) in [5.74, 6) is -3.83. The van der Waals surface area contributed by atoms with E-state index in [4.69, 9.17) is 44.0 Å². The number of esters is 1. The number of alkyl halides is 3. The maximum Gasteiger partial charge on any atom is 0.310 e. The van der Waals surface area contributed by atoms with E-state index in [0.29, 0.717) is 6.42 Å². The van der Waals surface area contributed by atoms with Crippen LogP contribution in [0.3, 0.4) is 0 Å². The van der Waals surface area contributed by atoms with E-state index in [1.165, 1.54) is 0 Å². The number of carboxylic acids is 1. The van der Waals surface area contributed by atoms with Crippen LogP contribution in [0.2, 0.25) is 18.1 Å². The first-order chi connectivity index (χ1) is 15.5. The lowest BCUT2D eigenvalue weighted by Gasteiger charge is -2.42. The highest BCUT2D eigenvalue weighted by molar-refractivity contribution is 6.73. The topological polar surface area (TPSA) is 89.9 Å². The Morgan fingerprint density at radius 1 is 1.06 bits per heavy atom. The van der Waals surface area contributed by atoms with Crippen LogP contribution in [0.1, 0.15) is 61.3 Å². The van der Waals surface area contributed by atoms with E-state index in [1.54, 1.807) is 26.8 Å². The number of aliphatic carboxylic acids is 1. The lowest BCUT2D eigenvalue weighted by molar-refractivity contribution is -0.158. The largest absolute Gasteiger partial charge is 0.481 e. The molecule has 0 radical (unpaired) electrons. The minimum absolute atomic E-state index is 0.267. The highest BCUT2D eigenvalue weighted by Crippen LogP contribution is 2.39. The molecule has 10 heteroatoms. The monoisotopic (exact) mass is 558 g/mol. The van der Waals surface area contributed by atoms with Crippen molar-refractivity contribution in [3.63, 3.8) is 0 Å². The van der Waals surface area contributed by atoms with Crippen molar-refractivity contribution in [1.29, 1.82) is 0 Å². The molecule has 0 saturated heterocycles. The second-order valence-electron chi connectivity index (χ2n) is 9.57. The first kappa shape index (κ1) is 33.4. The minimum Gasteiger partial charge on any atom is -0.481 e. The highest BCUT2D eigenvalue weighted by Gasteiger charge is 2.48. The smallest absolute Gasteiger partial charge is 0.310 e. The first-order valence-electron chi connectivity index (χ1n) is 11.8. The van der Waals surface area contributed by atoms with Crippen LogP contribution in [-0.4, -0.2) is 47.6 Å². The van der Waals surface area contributed by atoms with Crippen LogP contribution < -0.4 is 0 Å². The molecule has 0 aromatic carbocycles. The molecule has 0 heterocycles. The van der Waals surface area contributed by atoms with Gasteiger partial charge in [0.15, 0.2) is 8.32 Å². The van der Waals surface area contributed by atoms with Gasteiger partial charge in [-0.3, -0.25) is 14.4 Å². The molecule has 0 saturated carbocycles. The molecule has 0 aliphatic heterocycles. The van der Waals surface area contributed by atoms with Crippen LogP contribution >= 0.6 is 34.8 Å². The fourth-order valence-corrected chi connectivity index (χ4v) is 7.55. The number of carboxylic acid groups (broad SMARTS) is 1. The fraction of sp³-hybridized carbons (Fsp3) is 0.792. The summed E-state index contributed by atoms with van der Waals surface area (Å²) in [6.45, 7) is 16.3. The molecule has 0 aromatic heterocycles. The van der Waals surface area contributed by atoms with Gasteiger partial charge >= 0.3 is 11.9 Å². The maximum atomic E-state index is 13.8. The second-order valence-corrected chi connectivity index (χ2v) is 16.8. The van der Waals surface area contributed by atoms with Gasteiger partial charge in [0.2, 0.25) is 3.79 Å². The van der Waals surface area contributed by atoms with Gasteiger partial charge in [-0.2, -0.15) is 0 Å². The van der Waals surface area contributed by atoms with Crippen molar-refractivity contribution in [2.45, 2.75) is 89.3 Å². The Morgan fingerprint density at radius 3 is 1.94 bits per heavy atom. The van der Waals surface area contributed by atoms with Crippen molar-refractivity contribution in [3.05, 3.63) is 12.7 Å². The van der Waals surface area contributed by atoms with Gasteiger partial charge in [0, 0.05) is 11.3 Å². The quantitative estimate of drug-likeness (QED) is 0.0965. The van der Waals surface area contributed by atoms with Gasteiger partial charge < -0.3 is 14.3 Å². The number of Topliss-reactive ketones (excluding diaryl/α,β-unsaturated/α-hetero) is 1. The summed E-state index contributed by atoms with van der Waals surface area (Å²) in [5, 5.41) is 9.59. The minimum atomic E-state index is -2.22. The fourth-order valence-electron chi connectivity index (χ4n) is 4.40. The van der Waals surface area contributed by atoms with Gasteiger partial charge in [-0.05, 0) is 30.5 Å². The molecule has 0 amide bonds. The Balaban J connectivity index is 6.15. The third-order valence-electron chi connectivity index (χ3n) is 6.88. The number of ketones is 1. The lowest BCUT2D eigenvalue weighted by atomic mass is 9.70. The summed E-state index contributed by atoms with van der Waals surface area (Å²) in [6, 6.07) is 2.45. The molecule has 198 valence electrons. The molecule has 34 heavy (non-hydrogen) atoms. The van der Waals surface area contributed by atoms with Gasteiger partial charge in [-0.15, -0.1) is 6.58 Å². The molecule has 0 aliphatic carbocycles. The zero-order valence-electron chi connectivity index (χ0n) is 21.5. The SMILES string of the molecule is C=CC[C@H](C)[C@H](C(=O)OCC(Cl)(Cl)Cl)[C@@H](C)C(=O)C(C)(C)[C@H](CC(=O)O)O[Si](CC)(CC)CC. The van der Waals surface area contributed by atoms with Crippen molar-refractivity contribution in [2.24, 2.45) is 23.2 Å². The molecule has 0 unspecified atom stereocenters. The van der Waals surface area contributed by atoms with E-state index in [9.17, 15) is 19.5 Å². The van der Waals surface area contributed by atoms with E-state index >= 15 is 0 Å². The van der Waals surface area contributed by atoms with E-state index in [0.717, 1.165) is 18.1 Å². The van der Waals surface area contributed by atoms with E-state index in [2.05, 4.69) is 6.58 Å². The zero-order valence-corrected chi connectivity index (χ0v) is 24.7. The molecular weight excluding hydrogens is 519 g/mol. The summed E-state index contributed by atoms with van der Waals surface area (Å²) in [5.41, 5.74) is -1.16. The normalized spacial score (nSPS) is 16.3. The average molecular weight is 560 g/mol. The van der Waals surface area contributed by atoms with E-state index < -0.39 is 54.0 Å². The first-order valence-corrected chi connectivity index (χ1v) is 15.5. The number of allylic oxidation sites excluding steroid dienone is 1. The van der Waals surface area contributed by atoms with Gasteiger partial charge in [0.25, 0.3) is 0 Å². The van der Waals surface area contributed by atoms with Crippen LogP contribution in [0.5, 0.6) is 0 Å². The number of hydrogen-bond donors (Lipinski definition) is 1. The summed E-state index contributed by atoms with van der Waals surface area (Å²) < 4.78 is 9.99. The van der Waals surface area contributed by atoms with Crippen LogP contribution in [0.25, 0.3) is 0 Å². The van der Waals surface area contributed by atoms with Crippen LogP contribution in [0.15, 0.2) is 12.7 Å². The average Bonchev–Trinajstić information content (AvgIpc) is 2.74. The molecule has 4 atom stereocenters. The van der Waals surface area contributed by atoms with Crippen LogP contribution in [-0.2, 0) is 23.5 Å². The Kier molecular flexibility index (Phi) is 14.0. The predicted molar refractivity (Wildman–Crippen MR) is 141 cm³/mol. The van der Waals surface area contributed by atoms with Crippen molar-refractivity contribution >= 4 is 60.8 Å². The molecular formula is C24H41Cl3O6Si. The molecule has 0 fully saturated rings. The lowest BCUT2D eigenvalue weighted by Crippen LogP contribution is -2.51. The number of carbonyl (C=O) groups excluding carboxylic acids is 2. The Morgan fingerprint density at radius 2 is 1.56 bits per heavy atom. The third kappa shape index (κ3) is 9.80. The second kappa shape index (κ2) is 14.2. The van der Waals surface area contributed by atoms with Crippen molar-refractivity contribution in [2.75, 3.05) is 6.61 Å². The van der Waals surface area contributed by atoms with Gasteiger partial charge in [-0.25, -0.2) is 0 Å². The molecule has 0 bridgehead atoms. The van der Waals surface area contributed by atoms with Crippen molar-refractivity contribution in [3.8, 4) is 0 Å². The van der Waals surface area contributed by atoms with E-state index in [1.807, 2.05) is 27.7 Å². The highest BCUT2D eigenvalue weighted by atomic mass is 35.6. The molecule has 6 nitrogen and oxygen atoms in total. The van der Waals surface area contributed by atoms with Crippen LogP contribution in [0, 0.1) is 23.2 Å². The van der Waals surface area contributed by atoms with Gasteiger partial charge in [-0.1, -0.05) is 89.3 Å². The summed E-state index contributed by atoms with van der Waals surface area (Å²) in [7, 11) is -2.22. The van der Waals surface area contributed by atoms with Gasteiger partial charge in [0.1, 0.15) is 12.4 Å². The number of carbonyl (C=O) groups is 3. The maximum absolute atomic E-state index is 13.8. The number of rotatable bonds is 16. The summed E-state index contributed by atoms with van der Waals surface area (Å²) in [4.78, 5) is 38.5. The molecule has 0 rings (SSSR count). The molecule has 0 aliphatic rings. The zero-order chi connectivity index (χ0) is 26.9. The Bertz CT molecular complexity index is 695. The van der Waals surface area contributed by atoms with Crippen LogP contribution in [0.4, 0.5) is 0 Å². The number of halogens is 3. The molecule has 1 N–H and O–H groups in total. The van der Waals surface area contributed by atoms with Gasteiger partial charge in [0.05, 0.1) is 18.4 Å². The Hall–Kier alpha value is -0.603. The van der Waals surface area contributed by atoms with Crippen molar-refractivity contribution < 1.29 is 28.7 Å². The Labute approximate surface area is 220 Å². The number of ether oxygens (including phenoxy) is 1. The van der Waals surface area contributed by atoms with E-state index in [-0.39, 0.29) is 18.1 Å². The summed E-state index contributed by atoms with van der Waals surface area (Å²) in [6.07, 6.45) is 1.02.